The predicted octanol–water partition coefficient (Wildman–Crippen LogP) is 4.41. The highest BCUT2D eigenvalue weighted by molar-refractivity contribution is 9.10. The van der Waals surface area contributed by atoms with Crippen LogP contribution >= 0.6 is 15.9 Å². The number of alkyl halides is 3. The number of hydrogen-bond acceptors (Lipinski definition) is 2. The molecular formula is C13H8BrF4NO2S. The smallest absolute Gasteiger partial charge is 0.279 e. The summed E-state index contributed by atoms with van der Waals surface area (Å²) in [5.41, 5.74) is -2.14. The molecule has 0 amide bonds. The van der Waals surface area contributed by atoms with E-state index >= 15 is 0 Å². The summed E-state index contributed by atoms with van der Waals surface area (Å²) in [5, 5.41) is 0. The molecule has 3 nitrogen and oxygen atoms in total. The van der Waals surface area contributed by atoms with Gasteiger partial charge in [-0.1, -0.05) is 22.0 Å². The summed E-state index contributed by atoms with van der Waals surface area (Å²) in [4.78, 5) is -0.223. The van der Waals surface area contributed by atoms with Crippen LogP contribution in [0.25, 0.3) is 0 Å². The lowest BCUT2D eigenvalue weighted by molar-refractivity contribution is -0.137. The summed E-state index contributed by atoms with van der Waals surface area (Å²) >= 11 is 3.07. The molecule has 0 aliphatic carbocycles. The Kier molecular flexibility index (Phi) is 4.48. The van der Waals surface area contributed by atoms with Crippen LogP contribution in [0.5, 0.6) is 0 Å². The van der Waals surface area contributed by atoms with Crippen molar-refractivity contribution in [1.29, 1.82) is 0 Å². The van der Waals surface area contributed by atoms with Crippen molar-refractivity contribution >= 4 is 31.6 Å². The fourth-order valence-corrected chi connectivity index (χ4v) is 3.35. The monoisotopic (exact) mass is 397 g/mol. The van der Waals surface area contributed by atoms with Gasteiger partial charge in [-0.25, -0.2) is 12.8 Å². The van der Waals surface area contributed by atoms with Gasteiger partial charge in [-0.15, -0.1) is 0 Å². The minimum Gasteiger partial charge on any atom is -0.279 e. The Morgan fingerprint density at radius 2 is 1.73 bits per heavy atom. The molecule has 2 rings (SSSR count). The Labute approximate surface area is 132 Å². The van der Waals surface area contributed by atoms with Gasteiger partial charge in [0.15, 0.2) is 0 Å². The molecule has 0 aromatic heterocycles. The van der Waals surface area contributed by atoms with Gasteiger partial charge in [0.25, 0.3) is 10.0 Å². The summed E-state index contributed by atoms with van der Waals surface area (Å²) in [6.45, 7) is 0. The number of anilines is 1. The Bertz CT molecular complexity index is 806. The van der Waals surface area contributed by atoms with Crippen LogP contribution in [0.2, 0.25) is 0 Å². The van der Waals surface area contributed by atoms with Crippen molar-refractivity contribution in [3.8, 4) is 0 Å². The highest BCUT2D eigenvalue weighted by atomic mass is 79.9. The molecule has 0 aliphatic rings. The molecule has 0 unspecified atom stereocenters. The molecule has 9 heteroatoms. The van der Waals surface area contributed by atoms with Crippen LogP contribution in [0.4, 0.5) is 23.2 Å². The number of sulfonamides is 1. The molecule has 0 heterocycles. The van der Waals surface area contributed by atoms with Gasteiger partial charge in [-0.2, -0.15) is 13.2 Å². The molecule has 0 spiro atoms. The number of halogens is 5. The number of benzene rings is 2. The molecule has 2 aromatic rings. The number of hydrogen-bond donors (Lipinski definition) is 1. The summed E-state index contributed by atoms with van der Waals surface area (Å²) in [7, 11) is -4.23. The second-order valence-corrected chi connectivity index (χ2v) is 6.85. The van der Waals surface area contributed by atoms with E-state index in [1.165, 1.54) is 18.2 Å². The van der Waals surface area contributed by atoms with E-state index < -0.39 is 33.3 Å². The first-order chi connectivity index (χ1) is 10.1. The molecule has 2 aromatic carbocycles. The Hall–Kier alpha value is -1.61. The quantitative estimate of drug-likeness (QED) is 0.779. The van der Waals surface area contributed by atoms with Gasteiger partial charge in [-0.05, 0) is 36.4 Å². The zero-order chi connectivity index (χ0) is 16.5. The third kappa shape index (κ3) is 3.77. The van der Waals surface area contributed by atoms with Gasteiger partial charge < -0.3 is 0 Å². The van der Waals surface area contributed by atoms with Crippen LogP contribution < -0.4 is 4.72 Å². The van der Waals surface area contributed by atoms with E-state index in [4.69, 9.17) is 0 Å². The lowest BCUT2D eigenvalue weighted by Gasteiger charge is -2.15. The maximum absolute atomic E-state index is 13.0. The van der Waals surface area contributed by atoms with Gasteiger partial charge in [0.2, 0.25) is 0 Å². The fraction of sp³-hybridized carbons (Fsp3) is 0.0769. The molecule has 0 radical (unpaired) electrons. The van der Waals surface area contributed by atoms with Crippen LogP contribution in [0.1, 0.15) is 5.56 Å². The minimum absolute atomic E-state index is 0.223. The zero-order valence-corrected chi connectivity index (χ0v) is 13.1. The first-order valence-electron chi connectivity index (χ1n) is 5.75. The lowest BCUT2D eigenvalue weighted by atomic mass is 10.2. The van der Waals surface area contributed by atoms with Crippen molar-refractivity contribution in [2.75, 3.05) is 4.72 Å². The molecule has 0 saturated carbocycles. The number of nitrogens with one attached hydrogen (secondary N) is 1. The second kappa shape index (κ2) is 5.88. The van der Waals surface area contributed by atoms with Crippen LogP contribution in [-0.2, 0) is 16.2 Å². The summed E-state index contributed by atoms with van der Waals surface area (Å²) in [6, 6.07) is 7.16. The van der Waals surface area contributed by atoms with E-state index in [0.717, 1.165) is 12.1 Å². The normalized spacial score (nSPS) is 12.2. The van der Waals surface area contributed by atoms with E-state index in [0.29, 0.717) is 4.47 Å². The van der Waals surface area contributed by atoms with Crippen LogP contribution in [0, 0.1) is 5.82 Å². The van der Waals surface area contributed by atoms with Crippen molar-refractivity contribution in [2.24, 2.45) is 0 Å². The summed E-state index contributed by atoms with van der Waals surface area (Å²) in [6.07, 6.45) is -4.89. The van der Waals surface area contributed by atoms with Crippen molar-refractivity contribution < 1.29 is 26.0 Å². The molecule has 0 aliphatic heterocycles. The molecule has 0 saturated heterocycles. The van der Waals surface area contributed by atoms with Gasteiger partial charge in [-0.3, -0.25) is 4.72 Å². The second-order valence-electron chi connectivity index (χ2n) is 4.25. The molecule has 118 valence electrons. The highest BCUT2D eigenvalue weighted by Crippen LogP contribution is 2.36. The van der Waals surface area contributed by atoms with Crippen molar-refractivity contribution in [2.45, 2.75) is 11.1 Å². The third-order valence-corrected chi connectivity index (χ3v) is 4.49. The molecular weight excluding hydrogens is 390 g/mol. The average molecular weight is 398 g/mol. The third-order valence-electron chi connectivity index (χ3n) is 2.64. The van der Waals surface area contributed by atoms with E-state index in [2.05, 4.69) is 15.9 Å². The SMILES string of the molecule is O=S(=O)(Nc1ccc(F)cc1C(F)(F)F)c1cccc(Br)c1. The van der Waals surface area contributed by atoms with Gasteiger partial charge in [0, 0.05) is 4.47 Å². The van der Waals surface area contributed by atoms with Gasteiger partial charge in [0.1, 0.15) is 5.82 Å². The van der Waals surface area contributed by atoms with Crippen molar-refractivity contribution in [3.05, 3.63) is 58.3 Å². The first kappa shape index (κ1) is 16.8. The fourth-order valence-electron chi connectivity index (χ4n) is 1.68. The Balaban J connectivity index is 2.47. The predicted molar refractivity (Wildman–Crippen MR) is 76.4 cm³/mol. The maximum atomic E-state index is 13.0. The van der Waals surface area contributed by atoms with Gasteiger partial charge >= 0.3 is 6.18 Å². The first-order valence-corrected chi connectivity index (χ1v) is 8.02. The molecule has 0 bridgehead atoms. The van der Waals surface area contributed by atoms with Crippen molar-refractivity contribution in [1.82, 2.24) is 0 Å². The molecule has 0 atom stereocenters. The Morgan fingerprint density at radius 1 is 1.05 bits per heavy atom. The molecule has 1 N–H and O–H groups in total. The number of rotatable bonds is 3. The molecule has 22 heavy (non-hydrogen) atoms. The summed E-state index contributed by atoms with van der Waals surface area (Å²) in [5.74, 6) is -1.11. The van der Waals surface area contributed by atoms with E-state index in [1.54, 1.807) is 6.07 Å². The Morgan fingerprint density at radius 3 is 2.32 bits per heavy atom. The van der Waals surface area contributed by atoms with Gasteiger partial charge in [0.05, 0.1) is 16.1 Å². The zero-order valence-electron chi connectivity index (χ0n) is 10.7. The summed E-state index contributed by atoms with van der Waals surface area (Å²) < 4.78 is 78.1. The van der Waals surface area contributed by atoms with Crippen LogP contribution in [-0.4, -0.2) is 8.42 Å². The van der Waals surface area contributed by atoms with Crippen LogP contribution in [0.3, 0.4) is 0 Å². The lowest BCUT2D eigenvalue weighted by Crippen LogP contribution is -2.17. The topological polar surface area (TPSA) is 46.2 Å². The average Bonchev–Trinajstić information content (AvgIpc) is 2.39. The van der Waals surface area contributed by atoms with E-state index in [9.17, 15) is 26.0 Å². The largest absolute Gasteiger partial charge is 0.418 e. The van der Waals surface area contributed by atoms with Crippen molar-refractivity contribution in [3.63, 3.8) is 0 Å². The highest BCUT2D eigenvalue weighted by Gasteiger charge is 2.35. The standard InChI is InChI=1S/C13H8BrF4NO2S/c14-8-2-1-3-10(6-8)22(20,21)19-12-5-4-9(15)7-11(12)13(16,17)18/h1-7,19H. The van der Waals surface area contributed by atoms with E-state index in [-0.39, 0.29) is 11.0 Å². The van der Waals surface area contributed by atoms with E-state index in [1.807, 2.05) is 4.72 Å². The van der Waals surface area contributed by atoms with Crippen LogP contribution in [0.15, 0.2) is 51.8 Å². The maximum Gasteiger partial charge on any atom is 0.418 e. The minimum atomic E-state index is -4.89. The molecule has 0 fully saturated rings.